The second-order valence-electron chi connectivity index (χ2n) is 5.04. The van der Waals surface area contributed by atoms with Crippen LogP contribution in [0.2, 0.25) is 0 Å². The Hall–Kier alpha value is -2.54. The molecule has 7 heteroatoms. The predicted molar refractivity (Wildman–Crippen MR) is 91.3 cm³/mol. The van der Waals surface area contributed by atoms with Crippen molar-refractivity contribution < 1.29 is 13.9 Å². The number of rotatable bonds is 7. The summed E-state index contributed by atoms with van der Waals surface area (Å²) in [6, 6.07) is 10.8. The molecule has 0 aliphatic rings. The second-order valence-corrected chi connectivity index (χ2v) is 6.33. The lowest BCUT2D eigenvalue weighted by atomic mass is 10.1. The van der Waals surface area contributed by atoms with Gasteiger partial charge in [-0.05, 0) is 50.2 Å². The molecule has 6 nitrogen and oxygen atoms in total. The second kappa shape index (κ2) is 7.35. The molecule has 1 aromatic carbocycles. The summed E-state index contributed by atoms with van der Waals surface area (Å²) in [4.78, 5) is 15.5. The maximum Gasteiger partial charge on any atom is 0.277 e. The lowest BCUT2D eigenvalue weighted by Crippen LogP contribution is -2.13. The van der Waals surface area contributed by atoms with Gasteiger partial charge in [-0.2, -0.15) is 0 Å². The van der Waals surface area contributed by atoms with E-state index in [9.17, 15) is 4.79 Å². The molecule has 0 saturated heterocycles. The smallest absolute Gasteiger partial charge is 0.277 e. The van der Waals surface area contributed by atoms with Gasteiger partial charge >= 0.3 is 0 Å². The van der Waals surface area contributed by atoms with E-state index in [4.69, 9.17) is 9.15 Å². The summed E-state index contributed by atoms with van der Waals surface area (Å²) in [6.45, 7) is 4.34. The minimum Gasteiger partial charge on any atom is -0.494 e. The molecule has 2 heterocycles. The number of thioether (sulfide) groups is 1. The highest BCUT2D eigenvalue weighted by atomic mass is 32.2. The van der Waals surface area contributed by atoms with E-state index in [1.54, 1.807) is 30.5 Å². The molecule has 0 bridgehead atoms. The first-order valence-corrected chi connectivity index (χ1v) is 8.46. The minimum absolute atomic E-state index is 0.00247. The number of carbonyl (C=O) groups is 1. The standard InChI is InChI=1S/C17H17N3O3S/c1-3-22-13-8-6-12(7-9-13)15(21)11(2)24-17-20-19-16(23-17)14-5-4-10-18-14/h4-11,18H,3H2,1-2H3. The Labute approximate surface area is 143 Å². The molecular formula is C17H17N3O3S. The Morgan fingerprint density at radius 3 is 2.75 bits per heavy atom. The molecule has 0 radical (unpaired) electrons. The molecule has 0 spiro atoms. The van der Waals surface area contributed by atoms with Gasteiger partial charge in [0.1, 0.15) is 11.4 Å². The first-order valence-electron chi connectivity index (χ1n) is 7.58. The van der Waals surface area contributed by atoms with Crippen molar-refractivity contribution in [2.24, 2.45) is 0 Å². The number of benzene rings is 1. The predicted octanol–water partition coefficient (Wildman–Crippen LogP) is 3.83. The van der Waals surface area contributed by atoms with Crippen LogP contribution in [0, 0.1) is 0 Å². The quantitative estimate of drug-likeness (QED) is 0.519. The van der Waals surface area contributed by atoms with Crippen molar-refractivity contribution in [1.29, 1.82) is 0 Å². The van der Waals surface area contributed by atoms with Crippen molar-refractivity contribution >= 4 is 17.5 Å². The molecule has 2 aromatic heterocycles. The number of aromatic amines is 1. The summed E-state index contributed by atoms with van der Waals surface area (Å²) in [7, 11) is 0. The van der Waals surface area contributed by atoms with Gasteiger partial charge in [-0.3, -0.25) is 4.79 Å². The number of ether oxygens (including phenoxy) is 1. The molecule has 1 N–H and O–H groups in total. The lowest BCUT2D eigenvalue weighted by Gasteiger charge is -2.08. The Morgan fingerprint density at radius 1 is 1.29 bits per heavy atom. The van der Waals surface area contributed by atoms with Crippen molar-refractivity contribution in [1.82, 2.24) is 15.2 Å². The topological polar surface area (TPSA) is 81.0 Å². The summed E-state index contributed by atoms with van der Waals surface area (Å²) in [6.07, 6.45) is 1.78. The van der Waals surface area contributed by atoms with Gasteiger partial charge in [-0.25, -0.2) is 0 Å². The number of Topliss-reactive ketones (excluding diaryl/α,β-unsaturated/α-hetero) is 1. The molecular weight excluding hydrogens is 326 g/mol. The molecule has 0 aliphatic heterocycles. The van der Waals surface area contributed by atoms with Gasteiger partial charge in [0.15, 0.2) is 5.78 Å². The molecule has 3 aromatic rings. The van der Waals surface area contributed by atoms with Crippen LogP contribution >= 0.6 is 11.8 Å². The number of aromatic nitrogens is 3. The van der Waals surface area contributed by atoms with Crippen LogP contribution < -0.4 is 4.74 Å². The lowest BCUT2D eigenvalue weighted by molar-refractivity contribution is 0.0993. The zero-order valence-corrected chi connectivity index (χ0v) is 14.2. The Kier molecular flexibility index (Phi) is 5.00. The molecule has 3 rings (SSSR count). The van der Waals surface area contributed by atoms with Gasteiger partial charge in [0, 0.05) is 11.8 Å². The van der Waals surface area contributed by atoms with Crippen LogP contribution in [-0.4, -0.2) is 32.8 Å². The van der Waals surface area contributed by atoms with Gasteiger partial charge in [-0.15, -0.1) is 10.2 Å². The summed E-state index contributed by atoms with van der Waals surface area (Å²) in [5.41, 5.74) is 1.38. The average Bonchev–Trinajstić information content (AvgIpc) is 3.26. The third-order valence-corrected chi connectivity index (χ3v) is 4.27. The third-order valence-electron chi connectivity index (χ3n) is 3.33. The van der Waals surface area contributed by atoms with Crippen LogP contribution in [-0.2, 0) is 0 Å². The maximum absolute atomic E-state index is 12.5. The van der Waals surface area contributed by atoms with Crippen molar-refractivity contribution in [2.75, 3.05) is 6.61 Å². The SMILES string of the molecule is CCOc1ccc(C(=O)C(C)Sc2nnc(-c3ccc[nH]3)o2)cc1. The molecule has 0 amide bonds. The average molecular weight is 343 g/mol. The normalized spacial score (nSPS) is 12.1. The van der Waals surface area contributed by atoms with Crippen molar-refractivity contribution in [3.63, 3.8) is 0 Å². The van der Waals surface area contributed by atoms with E-state index in [-0.39, 0.29) is 11.0 Å². The summed E-state index contributed by atoms with van der Waals surface area (Å²) < 4.78 is 11.0. The van der Waals surface area contributed by atoms with Gasteiger partial charge in [0.25, 0.3) is 11.1 Å². The summed E-state index contributed by atoms with van der Waals surface area (Å²) in [5, 5.41) is 7.99. The van der Waals surface area contributed by atoms with E-state index in [2.05, 4.69) is 15.2 Å². The maximum atomic E-state index is 12.5. The number of nitrogens with zero attached hydrogens (tertiary/aromatic N) is 2. The van der Waals surface area contributed by atoms with Crippen LogP contribution in [0.5, 0.6) is 5.75 Å². The van der Waals surface area contributed by atoms with Gasteiger partial charge in [-0.1, -0.05) is 11.8 Å². The number of hydrogen-bond donors (Lipinski definition) is 1. The highest BCUT2D eigenvalue weighted by Gasteiger charge is 2.20. The van der Waals surface area contributed by atoms with E-state index in [1.807, 2.05) is 26.0 Å². The Morgan fingerprint density at radius 2 is 2.08 bits per heavy atom. The molecule has 1 unspecified atom stereocenters. The minimum atomic E-state index is -0.333. The molecule has 0 fully saturated rings. The molecule has 24 heavy (non-hydrogen) atoms. The van der Waals surface area contributed by atoms with Gasteiger partial charge in [0.2, 0.25) is 0 Å². The van der Waals surface area contributed by atoms with E-state index >= 15 is 0 Å². The Bertz CT molecular complexity index is 797. The van der Waals surface area contributed by atoms with Crippen LogP contribution in [0.1, 0.15) is 24.2 Å². The van der Waals surface area contributed by atoms with E-state index in [1.165, 1.54) is 11.8 Å². The zero-order chi connectivity index (χ0) is 16.9. The third kappa shape index (κ3) is 3.68. The summed E-state index contributed by atoms with van der Waals surface area (Å²) >= 11 is 1.24. The van der Waals surface area contributed by atoms with E-state index < -0.39 is 0 Å². The molecule has 124 valence electrons. The van der Waals surface area contributed by atoms with Gasteiger partial charge < -0.3 is 14.1 Å². The number of hydrogen-bond acceptors (Lipinski definition) is 6. The molecule has 0 saturated carbocycles. The largest absolute Gasteiger partial charge is 0.494 e. The van der Waals surface area contributed by atoms with Gasteiger partial charge in [0.05, 0.1) is 11.9 Å². The number of ketones is 1. The van der Waals surface area contributed by atoms with Crippen molar-refractivity contribution in [3.05, 3.63) is 48.2 Å². The van der Waals surface area contributed by atoms with Crippen LogP contribution in [0.3, 0.4) is 0 Å². The van der Waals surface area contributed by atoms with Crippen molar-refractivity contribution in [2.45, 2.75) is 24.3 Å². The first-order chi connectivity index (χ1) is 11.7. The highest BCUT2D eigenvalue weighted by Crippen LogP contribution is 2.27. The fourth-order valence-corrected chi connectivity index (χ4v) is 2.91. The number of nitrogens with one attached hydrogen (secondary N) is 1. The highest BCUT2D eigenvalue weighted by molar-refractivity contribution is 8.00. The number of carbonyl (C=O) groups excluding carboxylic acids is 1. The van der Waals surface area contributed by atoms with Crippen LogP contribution in [0.4, 0.5) is 0 Å². The van der Waals surface area contributed by atoms with E-state index in [0.29, 0.717) is 23.3 Å². The van der Waals surface area contributed by atoms with Crippen LogP contribution in [0.15, 0.2) is 52.2 Å². The van der Waals surface area contributed by atoms with Crippen molar-refractivity contribution in [3.8, 4) is 17.3 Å². The fraction of sp³-hybridized carbons (Fsp3) is 0.235. The Balaban J connectivity index is 1.65. The first kappa shape index (κ1) is 16.3. The molecule has 0 aliphatic carbocycles. The monoisotopic (exact) mass is 343 g/mol. The van der Waals surface area contributed by atoms with Crippen LogP contribution in [0.25, 0.3) is 11.6 Å². The molecule has 1 atom stereocenters. The zero-order valence-electron chi connectivity index (χ0n) is 13.4. The fourth-order valence-electron chi connectivity index (χ4n) is 2.15. The summed E-state index contributed by atoms with van der Waals surface area (Å²) in [5.74, 6) is 1.16. The number of H-pyrrole nitrogens is 1. The van der Waals surface area contributed by atoms with E-state index in [0.717, 1.165) is 11.4 Å².